The van der Waals surface area contributed by atoms with E-state index >= 15 is 0 Å². The Morgan fingerprint density at radius 2 is 1.50 bits per heavy atom. The number of phenols is 1. The molecule has 0 aliphatic carbocycles. The molecular weight excluding hydrogens is 716 g/mol. The van der Waals surface area contributed by atoms with E-state index in [1.165, 1.54) is 24.3 Å². The molecule has 298 valence electrons. The summed E-state index contributed by atoms with van der Waals surface area (Å²) < 4.78 is 0. The van der Waals surface area contributed by atoms with Crippen LogP contribution in [0.15, 0.2) is 29.3 Å². The van der Waals surface area contributed by atoms with Crippen LogP contribution in [-0.2, 0) is 44.8 Å². The highest BCUT2D eigenvalue weighted by Crippen LogP contribution is 2.20. The van der Waals surface area contributed by atoms with Crippen LogP contribution in [0, 0.1) is 0 Å². The number of rotatable bonds is 21. The van der Waals surface area contributed by atoms with E-state index in [1.807, 2.05) is 0 Å². The average molecular weight is 765 g/mol. The summed E-state index contributed by atoms with van der Waals surface area (Å²) in [7, 11) is 0. The molecule has 1 saturated heterocycles. The molecule has 54 heavy (non-hydrogen) atoms. The Labute approximate surface area is 309 Å². The third kappa shape index (κ3) is 14.2. The van der Waals surface area contributed by atoms with E-state index in [4.69, 9.17) is 28.0 Å². The molecule has 16 N–H and O–H groups in total. The molecule has 1 aromatic rings. The number of phenolic OH excluding ortho intramolecular Hbond substituents is 1. The smallest absolute Gasteiger partial charge is 0.326 e. The summed E-state index contributed by atoms with van der Waals surface area (Å²) in [6.45, 7) is 1.24. The number of benzene rings is 1. The lowest BCUT2D eigenvalue weighted by Gasteiger charge is -2.30. The van der Waals surface area contributed by atoms with E-state index in [1.54, 1.807) is 0 Å². The van der Waals surface area contributed by atoms with Crippen molar-refractivity contribution in [2.75, 3.05) is 13.1 Å². The molecule has 6 amide bonds. The van der Waals surface area contributed by atoms with Crippen LogP contribution in [0.4, 0.5) is 0 Å². The maximum Gasteiger partial charge on any atom is 0.326 e. The fourth-order valence-corrected chi connectivity index (χ4v) is 5.49. The number of aliphatic imine (C=N–C) groups is 1. The summed E-state index contributed by atoms with van der Waals surface area (Å²) in [5.41, 5.74) is 21.9. The van der Waals surface area contributed by atoms with Crippen LogP contribution in [0.5, 0.6) is 5.75 Å². The van der Waals surface area contributed by atoms with Gasteiger partial charge < -0.3 is 69.5 Å². The Morgan fingerprint density at radius 1 is 0.870 bits per heavy atom. The number of carboxylic acids is 2. The van der Waals surface area contributed by atoms with Gasteiger partial charge in [-0.15, -0.1) is 0 Å². The van der Waals surface area contributed by atoms with Crippen LogP contribution in [-0.4, -0.2) is 134 Å². The van der Waals surface area contributed by atoms with Gasteiger partial charge >= 0.3 is 11.9 Å². The first-order valence-electron chi connectivity index (χ1n) is 16.8. The van der Waals surface area contributed by atoms with Crippen molar-refractivity contribution in [3.8, 4) is 5.75 Å². The number of nitrogens with zero attached hydrogens (tertiary/aromatic N) is 2. The van der Waals surface area contributed by atoms with Crippen LogP contribution in [0.25, 0.3) is 0 Å². The number of nitrogens with two attached hydrogens (primary N) is 4. The number of aliphatic carboxylic acids is 2. The summed E-state index contributed by atoms with van der Waals surface area (Å²) in [6.07, 6.45) is -2.80. The predicted molar refractivity (Wildman–Crippen MR) is 188 cm³/mol. The van der Waals surface area contributed by atoms with Gasteiger partial charge in [-0.25, -0.2) is 4.79 Å². The molecule has 0 saturated carbocycles. The summed E-state index contributed by atoms with van der Waals surface area (Å²) in [6, 6.07) is -3.65. The van der Waals surface area contributed by atoms with Gasteiger partial charge in [0.15, 0.2) is 5.96 Å². The van der Waals surface area contributed by atoms with E-state index < -0.39 is 103 Å². The monoisotopic (exact) mass is 764 g/mol. The van der Waals surface area contributed by atoms with Crippen molar-refractivity contribution in [2.24, 2.45) is 27.9 Å². The lowest BCUT2D eigenvalue weighted by molar-refractivity contribution is -0.145. The van der Waals surface area contributed by atoms with Crippen molar-refractivity contribution in [2.45, 2.75) is 94.2 Å². The Bertz CT molecular complexity index is 1570. The van der Waals surface area contributed by atoms with Crippen molar-refractivity contribution in [3.05, 3.63) is 29.8 Å². The summed E-state index contributed by atoms with van der Waals surface area (Å²) in [4.78, 5) is 107. The summed E-state index contributed by atoms with van der Waals surface area (Å²) in [5, 5.41) is 47.9. The number of aromatic hydroxyl groups is 1. The third-order valence-electron chi connectivity index (χ3n) is 8.22. The number of nitrogens with one attached hydrogen (secondary N) is 4. The Balaban J connectivity index is 2.33. The number of carbonyl (C=O) groups is 8. The molecule has 22 nitrogen and oxygen atoms in total. The van der Waals surface area contributed by atoms with Gasteiger partial charge in [-0.3, -0.25) is 38.6 Å². The van der Waals surface area contributed by atoms with Gasteiger partial charge in [0.05, 0.1) is 25.0 Å². The van der Waals surface area contributed by atoms with Crippen molar-refractivity contribution >= 4 is 53.3 Å². The van der Waals surface area contributed by atoms with Gasteiger partial charge in [0.25, 0.3) is 0 Å². The molecule has 1 aliphatic rings. The molecule has 1 aliphatic heterocycles. The summed E-state index contributed by atoms with van der Waals surface area (Å²) in [5.74, 6) is -9.01. The molecule has 0 unspecified atom stereocenters. The zero-order valence-corrected chi connectivity index (χ0v) is 29.5. The molecular formula is C32H48N10O12. The highest BCUT2D eigenvalue weighted by molar-refractivity contribution is 5.98. The van der Waals surface area contributed by atoms with E-state index in [0.29, 0.717) is 12.0 Å². The normalized spacial score (nSPS) is 17.0. The average Bonchev–Trinajstić information content (AvgIpc) is 3.57. The van der Waals surface area contributed by atoms with Crippen LogP contribution >= 0.6 is 0 Å². The van der Waals surface area contributed by atoms with E-state index in [0.717, 1.165) is 11.8 Å². The van der Waals surface area contributed by atoms with Crippen LogP contribution in [0.1, 0.15) is 51.0 Å². The fraction of sp³-hybridized carbons (Fsp3) is 0.531. The first kappa shape index (κ1) is 44.1. The number of aliphatic hydroxyl groups is 1. The molecule has 0 bridgehead atoms. The minimum Gasteiger partial charge on any atom is -0.508 e. The number of likely N-dealkylation sites (tertiary alicyclic amines) is 1. The van der Waals surface area contributed by atoms with E-state index in [2.05, 4.69) is 26.3 Å². The maximum atomic E-state index is 13.8. The Kier molecular flexibility index (Phi) is 17.1. The lowest BCUT2D eigenvalue weighted by atomic mass is 10.0. The van der Waals surface area contributed by atoms with E-state index in [9.17, 15) is 53.7 Å². The van der Waals surface area contributed by atoms with Crippen LogP contribution in [0.3, 0.4) is 0 Å². The number of guanidine groups is 1. The largest absolute Gasteiger partial charge is 0.508 e. The molecule has 0 radical (unpaired) electrons. The SMILES string of the molecule is C[C@@H](O)[C@H](NC(=O)[C@@H](N)CC(=O)O)C(=O)N[C@@H](Cc1ccc(O)cc1)C(=O)N[C@@H](CC(N)=O)C(=O)N1CCC[C@H]1C(=O)N[C@@H](CCCN=C(N)N)C(=O)O. The first-order valence-corrected chi connectivity index (χ1v) is 16.8. The molecule has 1 heterocycles. The lowest BCUT2D eigenvalue weighted by Crippen LogP contribution is -2.61. The fourth-order valence-electron chi connectivity index (χ4n) is 5.49. The second-order valence-electron chi connectivity index (χ2n) is 12.6. The number of carboxylic acid groups (broad SMARTS) is 2. The molecule has 0 aromatic heterocycles. The molecule has 7 atom stereocenters. The number of amides is 6. The zero-order chi connectivity index (χ0) is 40.7. The minimum absolute atomic E-state index is 0.00225. The van der Waals surface area contributed by atoms with Crippen molar-refractivity contribution in [1.82, 2.24) is 26.2 Å². The highest BCUT2D eigenvalue weighted by Gasteiger charge is 2.40. The number of hydrogen-bond acceptors (Lipinski definition) is 12. The van der Waals surface area contributed by atoms with Crippen molar-refractivity contribution in [3.63, 3.8) is 0 Å². The van der Waals surface area contributed by atoms with Crippen LogP contribution in [0.2, 0.25) is 0 Å². The Morgan fingerprint density at radius 3 is 2.06 bits per heavy atom. The second-order valence-corrected chi connectivity index (χ2v) is 12.6. The quantitative estimate of drug-likeness (QED) is 0.0317. The first-order chi connectivity index (χ1) is 25.3. The van der Waals surface area contributed by atoms with Crippen molar-refractivity contribution in [1.29, 1.82) is 0 Å². The van der Waals surface area contributed by atoms with Gasteiger partial charge in [-0.05, 0) is 50.3 Å². The summed E-state index contributed by atoms with van der Waals surface area (Å²) >= 11 is 0. The zero-order valence-electron chi connectivity index (χ0n) is 29.5. The topological polar surface area (TPSA) is 385 Å². The van der Waals surface area contributed by atoms with Gasteiger partial charge in [0.2, 0.25) is 35.4 Å². The molecule has 0 spiro atoms. The van der Waals surface area contributed by atoms with Gasteiger partial charge in [-0.1, -0.05) is 12.1 Å². The molecule has 2 rings (SSSR count). The van der Waals surface area contributed by atoms with Gasteiger partial charge in [0.1, 0.15) is 36.0 Å². The highest BCUT2D eigenvalue weighted by atomic mass is 16.4. The van der Waals surface area contributed by atoms with Gasteiger partial charge in [-0.2, -0.15) is 0 Å². The predicted octanol–water partition coefficient (Wildman–Crippen LogP) is -4.94. The maximum absolute atomic E-state index is 13.8. The standard InChI is InChI=1S/C32H48N10O12/c1-15(43)25(41-26(48)18(33)13-24(46)47)29(51)39-20(12-16-6-8-17(44)9-7-16)27(49)40-21(14-23(34)45)30(52)42-11-3-5-22(42)28(50)38-19(31(53)54)4-2-10-37-32(35)36/h6-9,15,18-22,25,43-44H,2-5,10-14,33H2,1H3,(H2,34,45)(H,38,50)(H,39,51)(H,40,49)(H,41,48)(H,46,47)(H,53,54)(H4,35,36,37)/t15-,18+,19+,20+,21+,22+,25+/m1/s1. The minimum atomic E-state index is -1.74. The number of hydrogen-bond donors (Lipinski definition) is 12. The van der Waals surface area contributed by atoms with Gasteiger partial charge in [0, 0.05) is 19.5 Å². The molecule has 22 heteroatoms. The van der Waals surface area contributed by atoms with Crippen molar-refractivity contribution < 1.29 is 58.8 Å². The second kappa shape index (κ2) is 20.9. The Hall–Kier alpha value is -6.03. The number of aliphatic hydroxyl groups excluding tert-OH is 1. The molecule has 1 aromatic carbocycles. The number of primary amides is 1. The number of carbonyl (C=O) groups excluding carboxylic acids is 6. The molecule has 1 fully saturated rings. The van der Waals surface area contributed by atoms with E-state index in [-0.39, 0.29) is 50.5 Å². The van der Waals surface area contributed by atoms with Crippen LogP contribution < -0.4 is 44.2 Å². The third-order valence-corrected chi connectivity index (χ3v) is 8.22.